The molecular weight excluding hydrogens is 248 g/mol. The largest absolute Gasteiger partial charge is 0.392 e. The summed E-state index contributed by atoms with van der Waals surface area (Å²) in [7, 11) is 0. The molecule has 1 aromatic rings. The van der Waals surface area contributed by atoms with Gasteiger partial charge in [0.15, 0.2) is 5.13 Å². The molecule has 0 radical (unpaired) electrons. The Morgan fingerprint density at radius 1 is 1.44 bits per heavy atom. The third-order valence-corrected chi connectivity index (χ3v) is 4.33. The highest BCUT2D eigenvalue weighted by Gasteiger charge is 2.18. The number of aliphatic hydroxyl groups is 1. The van der Waals surface area contributed by atoms with Gasteiger partial charge in [0.1, 0.15) is 0 Å². The van der Waals surface area contributed by atoms with Crippen molar-refractivity contribution in [3.05, 3.63) is 10.6 Å². The van der Waals surface area contributed by atoms with Crippen molar-refractivity contribution < 1.29 is 9.90 Å². The van der Waals surface area contributed by atoms with Crippen LogP contribution in [-0.4, -0.2) is 22.1 Å². The zero-order chi connectivity index (χ0) is 13.1. The van der Waals surface area contributed by atoms with Gasteiger partial charge < -0.3 is 10.4 Å². The molecule has 100 valence electrons. The van der Waals surface area contributed by atoms with Crippen molar-refractivity contribution >= 4 is 22.4 Å². The zero-order valence-electron chi connectivity index (χ0n) is 10.9. The van der Waals surface area contributed by atoms with Gasteiger partial charge in [-0.05, 0) is 31.6 Å². The first-order chi connectivity index (χ1) is 8.56. The van der Waals surface area contributed by atoms with E-state index in [1.54, 1.807) is 11.3 Å². The van der Waals surface area contributed by atoms with Crippen molar-refractivity contribution in [2.75, 3.05) is 5.32 Å². The molecule has 0 aliphatic heterocycles. The first-order valence-electron chi connectivity index (χ1n) is 6.52. The van der Waals surface area contributed by atoms with Crippen molar-refractivity contribution in [2.45, 2.75) is 52.1 Å². The molecule has 4 nitrogen and oxygen atoms in total. The number of aromatic nitrogens is 1. The lowest BCUT2D eigenvalue weighted by molar-refractivity contribution is -0.118. The summed E-state index contributed by atoms with van der Waals surface area (Å²) in [6.45, 7) is 3.81. The molecular formula is C13H20N2O2S. The van der Waals surface area contributed by atoms with E-state index in [-0.39, 0.29) is 18.2 Å². The fourth-order valence-electron chi connectivity index (χ4n) is 2.00. The molecule has 0 fully saturated rings. The second-order valence-electron chi connectivity index (χ2n) is 5.16. The third-order valence-electron chi connectivity index (χ3n) is 3.26. The Morgan fingerprint density at radius 2 is 2.17 bits per heavy atom. The lowest BCUT2D eigenvalue weighted by atomic mass is 10.0. The minimum absolute atomic E-state index is 0.0975. The summed E-state index contributed by atoms with van der Waals surface area (Å²) < 4.78 is 0. The first-order valence-corrected chi connectivity index (χ1v) is 7.34. The summed E-state index contributed by atoms with van der Waals surface area (Å²) in [6.07, 6.45) is 4.07. The van der Waals surface area contributed by atoms with Crippen LogP contribution in [0.2, 0.25) is 0 Å². The van der Waals surface area contributed by atoms with E-state index >= 15 is 0 Å². The van der Waals surface area contributed by atoms with E-state index in [4.69, 9.17) is 0 Å². The van der Waals surface area contributed by atoms with E-state index < -0.39 is 6.10 Å². The molecule has 1 heterocycles. The number of aliphatic hydroxyl groups excluding tert-OH is 1. The predicted molar refractivity (Wildman–Crippen MR) is 72.8 cm³/mol. The number of carbonyl (C=O) groups is 1. The van der Waals surface area contributed by atoms with Gasteiger partial charge in [-0.15, -0.1) is 11.3 Å². The van der Waals surface area contributed by atoms with Gasteiger partial charge in [-0.2, -0.15) is 0 Å². The number of aryl methyl sites for hydroxylation is 2. The minimum atomic E-state index is -0.584. The van der Waals surface area contributed by atoms with Crippen molar-refractivity contribution in [1.82, 2.24) is 4.98 Å². The number of amides is 1. The lowest BCUT2D eigenvalue weighted by Gasteiger charge is -2.12. The molecule has 0 saturated carbocycles. The molecule has 0 spiro atoms. The van der Waals surface area contributed by atoms with Gasteiger partial charge in [0.25, 0.3) is 0 Å². The van der Waals surface area contributed by atoms with Crippen LogP contribution in [0.4, 0.5) is 5.13 Å². The van der Waals surface area contributed by atoms with Crippen LogP contribution in [0.15, 0.2) is 0 Å². The second-order valence-corrected chi connectivity index (χ2v) is 6.24. The van der Waals surface area contributed by atoms with E-state index in [2.05, 4.69) is 10.3 Å². The van der Waals surface area contributed by atoms with Gasteiger partial charge in [-0.1, -0.05) is 13.8 Å². The summed E-state index contributed by atoms with van der Waals surface area (Å²) in [5, 5.41) is 13.1. The molecule has 2 N–H and O–H groups in total. The van der Waals surface area contributed by atoms with E-state index in [1.165, 1.54) is 17.7 Å². The monoisotopic (exact) mass is 268 g/mol. The number of nitrogens with zero attached hydrogens (tertiary/aromatic N) is 1. The van der Waals surface area contributed by atoms with E-state index in [0.717, 1.165) is 18.5 Å². The molecule has 0 bridgehead atoms. The Balaban J connectivity index is 1.93. The van der Waals surface area contributed by atoms with Gasteiger partial charge in [0.2, 0.25) is 5.91 Å². The summed E-state index contributed by atoms with van der Waals surface area (Å²) in [5.41, 5.74) is 1.14. The summed E-state index contributed by atoms with van der Waals surface area (Å²) in [6, 6.07) is 0. The highest BCUT2D eigenvalue weighted by atomic mass is 32.1. The number of thiazole rings is 1. The highest BCUT2D eigenvalue weighted by molar-refractivity contribution is 7.15. The van der Waals surface area contributed by atoms with Crippen LogP contribution >= 0.6 is 11.3 Å². The SMILES string of the molecule is CC(C)C(O)CC(=O)Nc1nc2c(s1)CCCC2. The second kappa shape index (κ2) is 5.80. The Hall–Kier alpha value is -0.940. The smallest absolute Gasteiger partial charge is 0.228 e. The Kier molecular flexibility index (Phi) is 4.35. The Morgan fingerprint density at radius 3 is 2.83 bits per heavy atom. The minimum Gasteiger partial charge on any atom is -0.392 e. The van der Waals surface area contributed by atoms with Crippen LogP contribution in [-0.2, 0) is 17.6 Å². The summed E-state index contributed by atoms with van der Waals surface area (Å²) in [4.78, 5) is 17.5. The lowest BCUT2D eigenvalue weighted by Crippen LogP contribution is -2.23. The standard InChI is InChI=1S/C13H20N2O2S/c1-8(2)10(16)7-12(17)15-13-14-9-5-3-4-6-11(9)18-13/h8,10,16H,3-7H2,1-2H3,(H,14,15,17). The average Bonchev–Trinajstić information content (AvgIpc) is 2.70. The molecule has 5 heteroatoms. The number of hydrogen-bond donors (Lipinski definition) is 2. The van der Waals surface area contributed by atoms with Gasteiger partial charge in [-0.25, -0.2) is 4.98 Å². The topological polar surface area (TPSA) is 62.2 Å². The molecule has 0 aromatic carbocycles. The normalized spacial score (nSPS) is 16.4. The van der Waals surface area contributed by atoms with Crippen LogP contribution in [0, 0.1) is 5.92 Å². The van der Waals surface area contributed by atoms with Crippen LogP contribution < -0.4 is 5.32 Å². The average molecular weight is 268 g/mol. The van der Waals surface area contributed by atoms with Gasteiger partial charge >= 0.3 is 0 Å². The fourth-order valence-corrected chi connectivity index (χ4v) is 3.07. The number of anilines is 1. The molecule has 2 rings (SSSR count). The third kappa shape index (κ3) is 3.29. The number of rotatable bonds is 4. The maximum atomic E-state index is 11.7. The highest BCUT2D eigenvalue weighted by Crippen LogP contribution is 2.29. The zero-order valence-corrected chi connectivity index (χ0v) is 11.7. The van der Waals surface area contributed by atoms with Crippen LogP contribution in [0.1, 0.15) is 43.7 Å². The molecule has 1 atom stereocenters. The molecule has 1 aliphatic carbocycles. The van der Waals surface area contributed by atoms with Gasteiger partial charge in [-0.3, -0.25) is 4.79 Å². The molecule has 1 amide bonds. The molecule has 0 saturated heterocycles. The van der Waals surface area contributed by atoms with Gasteiger partial charge in [0, 0.05) is 4.88 Å². The molecule has 1 aliphatic rings. The number of hydrogen-bond acceptors (Lipinski definition) is 4. The van der Waals surface area contributed by atoms with Crippen molar-refractivity contribution in [3.63, 3.8) is 0 Å². The fraction of sp³-hybridized carbons (Fsp3) is 0.692. The van der Waals surface area contributed by atoms with Crippen LogP contribution in [0.3, 0.4) is 0 Å². The quantitative estimate of drug-likeness (QED) is 0.881. The number of fused-ring (bicyclic) bond motifs is 1. The Labute approximate surface area is 111 Å². The summed E-state index contributed by atoms with van der Waals surface area (Å²) in [5.74, 6) is -0.0532. The maximum absolute atomic E-state index is 11.7. The van der Waals surface area contributed by atoms with Crippen molar-refractivity contribution in [3.8, 4) is 0 Å². The Bertz CT molecular complexity index is 405. The van der Waals surface area contributed by atoms with E-state index in [0.29, 0.717) is 5.13 Å². The first kappa shape index (κ1) is 13.5. The maximum Gasteiger partial charge on any atom is 0.228 e. The van der Waals surface area contributed by atoms with E-state index in [9.17, 15) is 9.90 Å². The predicted octanol–water partition coefficient (Wildman–Crippen LogP) is 2.37. The summed E-state index contributed by atoms with van der Waals surface area (Å²) >= 11 is 1.57. The van der Waals surface area contributed by atoms with Crippen LogP contribution in [0.5, 0.6) is 0 Å². The molecule has 18 heavy (non-hydrogen) atoms. The van der Waals surface area contributed by atoms with Crippen molar-refractivity contribution in [1.29, 1.82) is 0 Å². The van der Waals surface area contributed by atoms with Crippen molar-refractivity contribution in [2.24, 2.45) is 5.92 Å². The van der Waals surface area contributed by atoms with E-state index in [1.807, 2.05) is 13.8 Å². The van der Waals surface area contributed by atoms with Gasteiger partial charge in [0.05, 0.1) is 18.2 Å². The number of carbonyl (C=O) groups excluding carboxylic acids is 1. The molecule has 1 unspecified atom stereocenters. The molecule has 1 aromatic heterocycles. The van der Waals surface area contributed by atoms with Crippen LogP contribution in [0.25, 0.3) is 0 Å². The number of nitrogens with one attached hydrogen (secondary N) is 1.